The molecule has 1 saturated heterocycles. The topological polar surface area (TPSA) is 89.4 Å². The summed E-state index contributed by atoms with van der Waals surface area (Å²) in [5, 5.41) is 10.8. The van der Waals surface area contributed by atoms with E-state index in [-0.39, 0.29) is 4.91 Å². The van der Waals surface area contributed by atoms with E-state index in [9.17, 15) is 9.59 Å². The fourth-order valence-corrected chi connectivity index (χ4v) is 2.82. The predicted molar refractivity (Wildman–Crippen MR) is 102 cm³/mol. The number of allylic oxidation sites excluding steroid dienone is 1. The van der Waals surface area contributed by atoms with Crippen LogP contribution in [-0.2, 0) is 20.7 Å². The van der Waals surface area contributed by atoms with Crippen LogP contribution in [0.5, 0.6) is 5.75 Å². The van der Waals surface area contributed by atoms with Gasteiger partial charge in [-0.1, -0.05) is 6.08 Å². The number of amides is 1. The van der Waals surface area contributed by atoms with Crippen molar-refractivity contribution in [2.75, 3.05) is 13.7 Å². The maximum Gasteiger partial charge on any atom is 0.331 e. The molecule has 1 fully saturated rings. The summed E-state index contributed by atoms with van der Waals surface area (Å²) in [6.07, 6.45) is 5.17. The first kappa shape index (κ1) is 19.5. The number of esters is 1. The van der Waals surface area contributed by atoms with Gasteiger partial charge in [-0.25, -0.2) is 4.79 Å². The molecule has 0 unspecified atom stereocenters. The van der Waals surface area contributed by atoms with E-state index in [2.05, 4.69) is 26.8 Å². The fourth-order valence-electron chi connectivity index (χ4n) is 2.08. The lowest BCUT2D eigenvalue weighted by Crippen LogP contribution is -2.19. The maximum atomic E-state index is 11.7. The Bertz CT molecular complexity index is 800. The van der Waals surface area contributed by atoms with Crippen molar-refractivity contribution in [2.24, 2.45) is 10.2 Å². The number of nitrogens with one attached hydrogen (secondary N) is 1. The van der Waals surface area contributed by atoms with Gasteiger partial charge in [0.1, 0.15) is 5.75 Å². The van der Waals surface area contributed by atoms with Crippen LogP contribution < -0.4 is 10.1 Å². The number of hydrogen-bond donors (Lipinski definition) is 1. The zero-order valence-electron chi connectivity index (χ0n) is 14.5. The summed E-state index contributed by atoms with van der Waals surface area (Å²) in [7, 11) is 1.24. The number of ether oxygens (including phenoxy) is 2. The Morgan fingerprint density at radius 2 is 2.23 bits per heavy atom. The highest BCUT2D eigenvalue weighted by Crippen LogP contribution is 2.24. The molecule has 1 aliphatic heterocycles. The van der Waals surface area contributed by atoms with Gasteiger partial charge in [-0.2, -0.15) is 5.10 Å². The second-order valence-corrected chi connectivity index (χ2v) is 6.06. The number of rotatable bonds is 7. The first-order valence-electron chi connectivity index (χ1n) is 7.83. The highest BCUT2D eigenvalue weighted by atomic mass is 32.2. The molecule has 0 radical (unpaired) electrons. The van der Waals surface area contributed by atoms with Gasteiger partial charge in [-0.05, 0) is 54.4 Å². The number of methoxy groups -OCH3 is 1. The molecule has 1 aromatic rings. The van der Waals surface area contributed by atoms with Crippen LogP contribution in [0, 0.1) is 0 Å². The molecule has 1 N–H and O–H groups in total. The van der Waals surface area contributed by atoms with Gasteiger partial charge in [0.05, 0.1) is 24.8 Å². The minimum atomic E-state index is -0.600. The van der Waals surface area contributed by atoms with Crippen LogP contribution in [0.25, 0.3) is 0 Å². The Morgan fingerprint density at radius 1 is 1.42 bits per heavy atom. The van der Waals surface area contributed by atoms with E-state index in [1.54, 1.807) is 12.3 Å². The average Bonchev–Trinajstić information content (AvgIpc) is 2.97. The van der Waals surface area contributed by atoms with Gasteiger partial charge in [-0.15, -0.1) is 11.7 Å². The van der Waals surface area contributed by atoms with Crippen LogP contribution in [0.1, 0.15) is 18.1 Å². The second-order valence-electron chi connectivity index (χ2n) is 5.03. The monoisotopic (exact) mass is 373 g/mol. The molecular formula is C18H19N3O4S. The van der Waals surface area contributed by atoms with Crippen molar-refractivity contribution in [3.8, 4) is 5.75 Å². The smallest absolute Gasteiger partial charge is 0.331 e. The minimum absolute atomic E-state index is 0.208. The summed E-state index contributed by atoms with van der Waals surface area (Å²) in [4.78, 5) is 23.1. The average molecular weight is 373 g/mol. The van der Waals surface area contributed by atoms with Gasteiger partial charge >= 0.3 is 5.97 Å². The largest absolute Gasteiger partial charge is 0.494 e. The number of nitrogens with zero attached hydrogens (tertiary/aromatic N) is 2. The van der Waals surface area contributed by atoms with E-state index in [1.165, 1.54) is 7.11 Å². The van der Waals surface area contributed by atoms with Gasteiger partial charge in [-0.3, -0.25) is 10.1 Å². The minimum Gasteiger partial charge on any atom is -0.494 e. The van der Waals surface area contributed by atoms with Crippen molar-refractivity contribution >= 4 is 35.0 Å². The van der Waals surface area contributed by atoms with Crippen LogP contribution in [-0.4, -0.2) is 37.0 Å². The van der Waals surface area contributed by atoms with Crippen molar-refractivity contribution in [3.05, 3.63) is 53.0 Å². The number of carbonyl (C=O) groups excluding carboxylic acids is 2. The predicted octanol–water partition coefficient (Wildman–Crippen LogP) is 2.42. The lowest BCUT2D eigenvalue weighted by molar-refractivity contribution is -0.135. The van der Waals surface area contributed by atoms with E-state index in [0.717, 1.165) is 34.7 Å². The van der Waals surface area contributed by atoms with Crippen LogP contribution in [0.15, 0.2) is 52.0 Å². The van der Waals surface area contributed by atoms with Crippen LogP contribution in [0.2, 0.25) is 0 Å². The molecule has 136 valence electrons. The van der Waals surface area contributed by atoms with E-state index in [4.69, 9.17) is 4.74 Å². The van der Waals surface area contributed by atoms with Crippen molar-refractivity contribution in [2.45, 2.75) is 13.3 Å². The van der Waals surface area contributed by atoms with E-state index < -0.39 is 11.9 Å². The number of amidine groups is 1. The molecule has 8 heteroatoms. The first-order chi connectivity index (χ1) is 12.6. The fraction of sp³-hybridized carbons (Fsp3) is 0.222. The lowest BCUT2D eigenvalue weighted by Gasteiger charge is -2.09. The third kappa shape index (κ3) is 5.32. The number of thioether (sulfide) groups is 1. The second kappa shape index (κ2) is 9.57. The van der Waals surface area contributed by atoms with E-state index >= 15 is 0 Å². The zero-order valence-corrected chi connectivity index (χ0v) is 15.3. The SMILES string of the molecule is C=CCc1cc(C=N/N=C2/NC(=O)/C(=C\C(=O)OC)S2)ccc1OCC. The van der Waals surface area contributed by atoms with Crippen LogP contribution in [0.4, 0.5) is 0 Å². The maximum absolute atomic E-state index is 11.7. The zero-order chi connectivity index (χ0) is 18.9. The third-order valence-electron chi connectivity index (χ3n) is 3.21. The molecule has 0 saturated carbocycles. The van der Waals surface area contributed by atoms with Gasteiger partial charge in [0.15, 0.2) is 5.17 Å². The number of hydrogen-bond acceptors (Lipinski definition) is 7. The van der Waals surface area contributed by atoms with Gasteiger partial charge in [0, 0.05) is 6.08 Å². The summed E-state index contributed by atoms with van der Waals surface area (Å²) < 4.78 is 10.1. The number of carbonyl (C=O) groups is 2. The Hall–Kier alpha value is -2.87. The first-order valence-corrected chi connectivity index (χ1v) is 8.65. The molecule has 26 heavy (non-hydrogen) atoms. The van der Waals surface area contributed by atoms with Gasteiger partial charge in [0.25, 0.3) is 5.91 Å². The van der Waals surface area contributed by atoms with E-state index in [1.807, 2.05) is 25.1 Å². The lowest BCUT2D eigenvalue weighted by atomic mass is 10.1. The van der Waals surface area contributed by atoms with Crippen molar-refractivity contribution in [1.29, 1.82) is 0 Å². The third-order valence-corrected chi connectivity index (χ3v) is 4.11. The summed E-state index contributed by atoms with van der Waals surface area (Å²) in [6, 6.07) is 5.68. The Balaban J connectivity index is 2.10. The van der Waals surface area contributed by atoms with Gasteiger partial charge < -0.3 is 9.47 Å². The molecule has 0 aromatic heterocycles. The Kier molecular flexibility index (Phi) is 7.16. The Labute approximate surface area is 155 Å². The van der Waals surface area contributed by atoms with Crippen LogP contribution >= 0.6 is 11.8 Å². The highest BCUT2D eigenvalue weighted by Gasteiger charge is 2.24. The van der Waals surface area contributed by atoms with Crippen molar-refractivity contribution in [3.63, 3.8) is 0 Å². The number of benzene rings is 1. The molecule has 0 atom stereocenters. The molecular weight excluding hydrogens is 354 g/mol. The Morgan fingerprint density at radius 3 is 2.92 bits per heavy atom. The molecule has 1 heterocycles. The summed E-state index contributed by atoms with van der Waals surface area (Å²) in [5.74, 6) is -0.202. The van der Waals surface area contributed by atoms with Gasteiger partial charge in [0.2, 0.25) is 0 Å². The quantitative estimate of drug-likeness (QED) is 0.261. The summed E-state index contributed by atoms with van der Waals surface area (Å²) in [5.41, 5.74) is 1.85. The summed E-state index contributed by atoms with van der Waals surface area (Å²) >= 11 is 1.02. The molecule has 1 amide bonds. The standard InChI is InChI=1S/C18H19N3O4S/c1-4-6-13-9-12(7-8-14(13)25-5-2)11-19-21-18-20-17(23)15(26-18)10-16(22)24-3/h4,7-11H,1,5-6H2,2-3H3,(H,20,21,23)/b15-10+,19-11?. The molecule has 2 rings (SSSR count). The van der Waals surface area contributed by atoms with Crippen LogP contribution in [0.3, 0.4) is 0 Å². The van der Waals surface area contributed by atoms with Crippen molar-refractivity contribution < 1.29 is 19.1 Å². The molecule has 0 spiro atoms. The molecule has 7 nitrogen and oxygen atoms in total. The molecule has 0 bridgehead atoms. The normalized spacial score (nSPS) is 16.9. The highest BCUT2D eigenvalue weighted by molar-refractivity contribution is 8.18. The molecule has 1 aliphatic rings. The van der Waals surface area contributed by atoms with E-state index in [0.29, 0.717) is 18.2 Å². The summed E-state index contributed by atoms with van der Waals surface area (Å²) in [6.45, 7) is 6.27. The molecule has 1 aromatic carbocycles. The molecule has 0 aliphatic carbocycles. The van der Waals surface area contributed by atoms with Crippen molar-refractivity contribution in [1.82, 2.24) is 5.32 Å².